The first-order valence-corrected chi connectivity index (χ1v) is 10.1. The molecule has 6 nitrogen and oxygen atoms in total. The van der Waals surface area contributed by atoms with Gasteiger partial charge >= 0.3 is 0 Å². The molecule has 1 aromatic carbocycles. The molecule has 0 aliphatic heterocycles. The van der Waals surface area contributed by atoms with Gasteiger partial charge in [0, 0.05) is 34.0 Å². The van der Waals surface area contributed by atoms with Crippen molar-refractivity contribution in [1.29, 1.82) is 0 Å². The molecule has 3 heterocycles. The van der Waals surface area contributed by atoms with E-state index in [-0.39, 0.29) is 17.4 Å². The smallest absolute Gasteiger partial charge is 0.256 e. The van der Waals surface area contributed by atoms with Gasteiger partial charge in [0.05, 0.1) is 5.75 Å². The van der Waals surface area contributed by atoms with Crippen molar-refractivity contribution >= 4 is 23.3 Å². The van der Waals surface area contributed by atoms with Gasteiger partial charge in [-0.2, -0.15) is 0 Å². The Hall–Kier alpha value is -3.00. The van der Waals surface area contributed by atoms with E-state index in [0.29, 0.717) is 22.2 Å². The van der Waals surface area contributed by atoms with Crippen LogP contribution in [0.3, 0.4) is 0 Å². The van der Waals surface area contributed by atoms with Gasteiger partial charge in [-0.3, -0.25) is 9.20 Å². The summed E-state index contributed by atoms with van der Waals surface area (Å²) in [4.78, 5) is 17.3. The molecule has 0 aliphatic carbocycles. The second-order valence-electron chi connectivity index (χ2n) is 6.97. The Bertz CT molecular complexity index is 1240. The van der Waals surface area contributed by atoms with Crippen molar-refractivity contribution < 1.29 is 9.18 Å². The average Bonchev–Trinajstić information content (AvgIpc) is 3.20. The van der Waals surface area contributed by atoms with Crippen molar-refractivity contribution in [3.8, 4) is 5.69 Å². The zero-order chi connectivity index (χ0) is 20.7. The Morgan fingerprint density at radius 2 is 1.86 bits per heavy atom. The summed E-state index contributed by atoms with van der Waals surface area (Å²) in [7, 11) is 0. The number of rotatable bonds is 5. The molecule has 0 amide bonds. The van der Waals surface area contributed by atoms with Crippen LogP contribution in [-0.2, 0) is 0 Å². The third kappa shape index (κ3) is 3.55. The molecule has 0 radical (unpaired) electrons. The monoisotopic (exact) mass is 409 g/mol. The second-order valence-corrected chi connectivity index (χ2v) is 7.91. The molecule has 3 aromatic heterocycles. The molecule has 0 atom stereocenters. The van der Waals surface area contributed by atoms with Gasteiger partial charge in [0.25, 0.3) is 5.78 Å². The van der Waals surface area contributed by atoms with Crippen LogP contribution in [0.15, 0.2) is 41.6 Å². The molecule has 0 saturated carbocycles. The number of halogens is 1. The van der Waals surface area contributed by atoms with E-state index in [9.17, 15) is 9.18 Å². The third-order valence-corrected chi connectivity index (χ3v) is 5.72. The van der Waals surface area contributed by atoms with Crippen LogP contribution in [0.1, 0.15) is 33.1 Å². The lowest BCUT2D eigenvalue weighted by Crippen LogP contribution is -2.06. The fourth-order valence-corrected chi connectivity index (χ4v) is 4.43. The topological polar surface area (TPSA) is 65.1 Å². The fourth-order valence-electron chi connectivity index (χ4n) is 3.56. The van der Waals surface area contributed by atoms with Gasteiger partial charge in [0.1, 0.15) is 5.82 Å². The number of fused-ring (bicyclic) bond motifs is 1. The van der Waals surface area contributed by atoms with E-state index in [0.717, 1.165) is 22.8 Å². The molecule has 29 heavy (non-hydrogen) atoms. The Labute approximate surface area is 171 Å². The minimum atomic E-state index is -0.309. The Balaban J connectivity index is 1.59. The first-order valence-electron chi connectivity index (χ1n) is 9.15. The standard InChI is InChI=1S/C21H20FN5OS/c1-12-8-13(2)27-20(23-12)24-25-21(27)29-11-19(28)18-9-14(3)26(15(18)4)17-7-5-6-16(22)10-17/h5-10H,11H2,1-4H3. The largest absolute Gasteiger partial charge is 0.318 e. The number of benzene rings is 1. The number of hydrogen-bond donors (Lipinski definition) is 0. The van der Waals surface area contributed by atoms with Crippen molar-refractivity contribution in [2.24, 2.45) is 0 Å². The number of thioether (sulfide) groups is 1. The second kappa shape index (κ2) is 7.44. The highest BCUT2D eigenvalue weighted by atomic mass is 32.2. The van der Waals surface area contributed by atoms with Gasteiger partial charge in [-0.05, 0) is 58.0 Å². The molecule has 0 fully saturated rings. The van der Waals surface area contributed by atoms with Crippen LogP contribution in [0.4, 0.5) is 4.39 Å². The summed E-state index contributed by atoms with van der Waals surface area (Å²) >= 11 is 1.33. The van der Waals surface area contributed by atoms with Crippen LogP contribution in [0.5, 0.6) is 0 Å². The SMILES string of the molecule is Cc1cc(C)n2c(SCC(=O)c3cc(C)n(-c4cccc(F)c4)c3C)nnc2n1. The number of nitrogens with zero attached hydrogens (tertiary/aromatic N) is 5. The van der Waals surface area contributed by atoms with Gasteiger partial charge in [-0.15, -0.1) is 10.2 Å². The number of aromatic nitrogens is 5. The van der Waals surface area contributed by atoms with Gasteiger partial charge in [0.15, 0.2) is 10.9 Å². The van der Waals surface area contributed by atoms with E-state index >= 15 is 0 Å². The number of carbonyl (C=O) groups is 1. The highest BCUT2D eigenvalue weighted by molar-refractivity contribution is 7.99. The summed E-state index contributed by atoms with van der Waals surface area (Å²) in [6.07, 6.45) is 0. The van der Waals surface area contributed by atoms with Crippen LogP contribution < -0.4 is 0 Å². The fraction of sp³-hybridized carbons (Fsp3) is 0.238. The Kier molecular flexibility index (Phi) is 4.96. The number of ketones is 1. The van der Waals surface area contributed by atoms with E-state index in [1.54, 1.807) is 6.07 Å². The van der Waals surface area contributed by atoms with Gasteiger partial charge in [-0.25, -0.2) is 9.37 Å². The molecular formula is C21H20FN5OS. The molecule has 0 unspecified atom stereocenters. The zero-order valence-corrected chi connectivity index (χ0v) is 17.4. The summed E-state index contributed by atoms with van der Waals surface area (Å²) < 4.78 is 17.4. The predicted molar refractivity (Wildman–Crippen MR) is 111 cm³/mol. The first kappa shape index (κ1) is 19.3. The predicted octanol–water partition coefficient (Wildman–Crippen LogP) is 4.26. The maximum absolute atomic E-state index is 13.6. The normalized spacial score (nSPS) is 11.3. The number of hydrogen-bond acceptors (Lipinski definition) is 5. The van der Waals surface area contributed by atoms with Crippen molar-refractivity contribution in [3.63, 3.8) is 0 Å². The van der Waals surface area contributed by atoms with Gasteiger partial charge < -0.3 is 4.57 Å². The van der Waals surface area contributed by atoms with E-state index < -0.39 is 0 Å². The Morgan fingerprint density at radius 1 is 1.07 bits per heavy atom. The van der Waals surface area contributed by atoms with Gasteiger partial charge in [0.2, 0.25) is 0 Å². The van der Waals surface area contributed by atoms with Crippen molar-refractivity contribution in [3.05, 3.63) is 70.6 Å². The Morgan fingerprint density at radius 3 is 2.62 bits per heavy atom. The highest BCUT2D eigenvalue weighted by Crippen LogP contribution is 2.25. The number of aryl methyl sites for hydroxylation is 3. The lowest BCUT2D eigenvalue weighted by molar-refractivity contribution is 0.102. The molecule has 4 aromatic rings. The van der Waals surface area contributed by atoms with Gasteiger partial charge in [-0.1, -0.05) is 17.8 Å². The molecule has 0 N–H and O–H groups in total. The average molecular weight is 409 g/mol. The molecule has 0 spiro atoms. The van der Waals surface area contributed by atoms with Crippen LogP contribution in [-0.4, -0.2) is 35.7 Å². The van der Waals surface area contributed by atoms with E-state index in [4.69, 9.17) is 0 Å². The zero-order valence-electron chi connectivity index (χ0n) is 16.6. The molecular weight excluding hydrogens is 389 g/mol. The number of Topliss-reactive ketones (excluding diaryl/α,β-unsaturated/α-hetero) is 1. The van der Waals surface area contributed by atoms with Crippen LogP contribution in [0.25, 0.3) is 11.5 Å². The lowest BCUT2D eigenvalue weighted by Gasteiger charge is -2.10. The van der Waals surface area contributed by atoms with Crippen LogP contribution in [0, 0.1) is 33.5 Å². The summed E-state index contributed by atoms with van der Waals surface area (Å²) in [5.41, 5.74) is 4.84. The summed E-state index contributed by atoms with van der Waals surface area (Å²) in [6, 6.07) is 10.2. The molecule has 148 valence electrons. The van der Waals surface area contributed by atoms with Crippen LogP contribution >= 0.6 is 11.8 Å². The van der Waals surface area contributed by atoms with E-state index in [2.05, 4.69) is 15.2 Å². The minimum absolute atomic E-state index is 0.0137. The van der Waals surface area contributed by atoms with E-state index in [1.165, 1.54) is 23.9 Å². The lowest BCUT2D eigenvalue weighted by atomic mass is 10.2. The minimum Gasteiger partial charge on any atom is -0.318 e. The quantitative estimate of drug-likeness (QED) is 0.364. The molecule has 4 rings (SSSR count). The summed E-state index contributed by atoms with van der Waals surface area (Å²) in [6.45, 7) is 7.65. The third-order valence-electron chi connectivity index (χ3n) is 4.79. The molecule has 0 aliphatic rings. The van der Waals surface area contributed by atoms with E-state index in [1.807, 2.05) is 54.9 Å². The van der Waals surface area contributed by atoms with Crippen molar-refractivity contribution in [1.82, 2.24) is 24.1 Å². The molecule has 0 saturated heterocycles. The molecule has 0 bridgehead atoms. The van der Waals surface area contributed by atoms with Crippen molar-refractivity contribution in [2.75, 3.05) is 5.75 Å². The molecule has 8 heteroatoms. The maximum atomic E-state index is 13.6. The van der Waals surface area contributed by atoms with Crippen molar-refractivity contribution in [2.45, 2.75) is 32.9 Å². The first-order chi connectivity index (χ1) is 13.8. The number of carbonyl (C=O) groups excluding carboxylic acids is 1. The summed E-state index contributed by atoms with van der Waals surface area (Å²) in [5.74, 6) is 0.431. The van der Waals surface area contributed by atoms with Crippen LogP contribution in [0.2, 0.25) is 0 Å². The summed E-state index contributed by atoms with van der Waals surface area (Å²) in [5, 5.41) is 8.92. The maximum Gasteiger partial charge on any atom is 0.256 e. The highest BCUT2D eigenvalue weighted by Gasteiger charge is 2.19.